The summed E-state index contributed by atoms with van der Waals surface area (Å²) in [5.74, 6) is 2.33. The van der Waals surface area contributed by atoms with Crippen molar-refractivity contribution >= 4 is 5.91 Å². The SMILES string of the molecule is COc1ccc([C@H](NC(=O)CCCOc2ccc(C)cc2)C2CC2)cc1. The lowest BCUT2D eigenvalue weighted by Gasteiger charge is -2.19. The lowest BCUT2D eigenvalue weighted by atomic mass is 10.0. The van der Waals surface area contributed by atoms with Crippen LogP contribution in [0.3, 0.4) is 0 Å². The van der Waals surface area contributed by atoms with Crippen LogP contribution >= 0.6 is 0 Å². The minimum absolute atomic E-state index is 0.0882. The summed E-state index contributed by atoms with van der Waals surface area (Å²) in [4.78, 5) is 12.3. The normalized spacial score (nSPS) is 14.5. The van der Waals surface area contributed by atoms with Gasteiger partial charge in [0.2, 0.25) is 5.91 Å². The third-order valence-corrected chi connectivity index (χ3v) is 4.72. The topological polar surface area (TPSA) is 47.6 Å². The molecule has 0 unspecified atom stereocenters. The van der Waals surface area contributed by atoms with Crippen LogP contribution in [0, 0.1) is 12.8 Å². The van der Waals surface area contributed by atoms with Crippen LogP contribution in [0.15, 0.2) is 48.5 Å². The highest BCUT2D eigenvalue weighted by molar-refractivity contribution is 5.76. The van der Waals surface area contributed by atoms with Gasteiger partial charge in [0.15, 0.2) is 0 Å². The van der Waals surface area contributed by atoms with Crippen LogP contribution in [-0.2, 0) is 4.79 Å². The van der Waals surface area contributed by atoms with E-state index in [9.17, 15) is 4.79 Å². The lowest BCUT2D eigenvalue weighted by Crippen LogP contribution is -2.29. The maximum Gasteiger partial charge on any atom is 0.220 e. The van der Waals surface area contributed by atoms with Crippen LogP contribution in [0.2, 0.25) is 0 Å². The quantitative estimate of drug-likeness (QED) is 0.679. The molecule has 1 aliphatic rings. The monoisotopic (exact) mass is 353 g/mol. The highest BCUT2D eigenvalue weighted by Crippen LogP contribution is 2.41. The van der Waals surface area contributed by atoms with Gasteiger partial charge in [0.1, 0.15) is 11.5 Å². The zero-order valence-electron chi connectivity index (χ0n) is 15.5. The van der Waals surface area contributed by atoms with Crippen LogP contribution in [0.5, 0.6) is 11.5 Å². The van der Waals surface area contributed by atoms with Gasteiger partial charge in [0, 0.05) is 6.42 Å². The third kappa shape index (κ3) is 5.25. The first-order chi connectivity index (χ1) is 12.7. The molecule has 138 valence electrons. The van der Waals surface area contributed by atoms with Crippen molar-refractivity contribution in [3.63, 3.8) is 0 Å². The molecule has 0 aromatic heterocycles. The molecule has 0 saturated heterocycles. The molecule has 3 rings (SSSR count). The lowest BCUT2D eigenvalue weighted by molar-refractivity contribution is -0.122. The summed E-state index contributed by atoms with van der Waals surface area (Å²) in [5.41, 5.74) is 2.36. The number of benzene rings is 2. The van der Waals surface area contributed by atoms with Crippen LogP contribution in [-0.4, -0.2) is 19.6 Å². The molecule has 0 spiro atoms. The number of hydrogen-bond donors (Lipinski definition) is 1. The molecule has 1 N–H and O–H groups in total. The first-order valence-corrected chi connectivity index (χ1v) is 9.28. The number of carbonyl (C=O) groups excluding carboxylic acids is 1. The zero-order valence-corrected chi connectivity index (χ0v) is 15.5. The van der Waals surface area contributed by atoms with Gasteiger partial charge < -0.3 is 14.8 Å². The first kappa shape index (κ1) is 18.3. The molecular weight excluding hydrogens is 326 g/mol. The largest absolute Gasteiger partial charge is 0.497 e. The Balaban J connectivity index is 1.45. The van der Waals surface area contributed by atoms with Gasteiger partial charge in [-0.2, -0.15) is 0 Å². The van der Waals surface area contributed by atoms with E-state index in [4.69, 9.17) is 9.47 Å². The van der Waals surface area contributed by atoms with E-state index in [0.717, 1.165) is 17.1 Å². The molecular formula is C22H27NO3. The van der Waals surface area contributed by atoms with Crippen LogP contribution in [0.1, 0.15) is 42.9 Å². The van der Waals surface area contributed by atoms with Crippen molar-refractivity contribution in [2.45, 2.75) is 38.6 Å². The summed E-state index contributed by atoms with van der Waals surface area (Å²) >= 11 is 0. The Hall–Kier alpha value is -2.49. The van der Waals surface area contributed by atoms with Crippen molar-refractivity contribution in [3.05, 3.63) is 59.7 Å². The second kappa shape index (κ2) is 8.75. The molecule has 0 radical (unpaired) electrons. The fraction of sp³-hybridized carbons (Fsp3) is 0.409. The first-order valence-electron chi connectivity index (χ1n) is 9.28. The molecule has 4 heteroatoms. The number of hydrogen-bond acceptors (Lipinski definition) is 3. The summed E-state index contributed by atoms with van der Waals surface area (Å²) in [6.07, 6.45) is 3.53. The average Bonchev–Trinajstić information content (AvgIpc) is 3.50. The van der Waals surface area contributed by atoms with Crippen LogP contribution < -0.4 is 14.8 Å². The van der Waals surface area contributed by atoms with E-state index in [2.05, 4.69) is 5.32 Å². The molecule has 1 aliphatic carbocycles. The van der Waals surface area contributed by atoms with Gasteiger partial charge in [-0.05, 0) is 61.9 Å². The second-order valence-electron chi connectivity index (χ2n) is 6.92. The highest BCUT2D eigenvalue weighted by atomic mass is 16.5. The highest BCUT2D eigenvalue weighted by Gasteiger charge is 2.33. The third-order valence-electron chi connectivity index (χ3n) is 4.72. The summed E-state index contributed by atoms with van der Waals surface area (Å²) in [7, 11) is 1.66. The van der Waals surface area contributed by atoms with Crippen molar-refractivity contribution in [3.8, 4) is 11.5 Å². The van der Waals surface area contributed by atoms with Crippen LogP contribution in [0.4, 0.5) is 0 Å². The van der Waals surface area contributed by atoms with Crippen molar-refractivity contribution in [2.24, 2.45) is 5.92 Å². The Kier molecular flexibility index (Phi) is 6.16. The van der Waals surface area contributed by atoms with Gasteiger partial charge in [0.05, 0.1) is 19.8 Å². The molecule has 26 heavy (non-hydrogen) atoms. The Morgan fingerprint density at radius 2 is 1.73 bits per heavy atom. The predicted molar refractivity (Wildman–Crippen MR) is 103 cm³/mol. The Labute approximate surface area is 155 Å². The summed E-state index contributed by atoms with van der Waals surface area (Å²) in [5, 5.41) is 3.20. The number of rotatable bonds is 9. The second-order valence-corrected chi connectivity index (χ2v) is 6.92. The van der Waals surface area contributed by atoms with Crippen molar-refractivity contribution in [1.29, 1.82) is 0 Å². The van der Waals surface area contributed by atoms with Crippen molar-refractivity contribution in [2.75, 3.05) is 13.7 Å². The van der Waals surface area contributed by atoms with Gasteiger partial charge in [0.25, 0.3) is 0 Å². The smallest absolute Gasteiger partial charge is 0.220 e. The maximum absolute atomic E-state index is 12.3. The van der Waals surface area contributed by atoms with E-state index in [-0.39, 0.29) is 11.9 Å². The summed E-state index contributed by atoms with van der Waals surface area (Å²) in [6, 6.07) is 16.1. The van der Waals surface area contributed by atoms with Gasteiger partial charge >= 0.3 is 0 Å². The maximum atomic E-state index is 12.3. The van der Waals surface area contributed by atoms with E-state index in [1.165, 1.54) is 18.4 Å². The van der Waals surface area contributed by atoms with Gasteiger partial charge in [-0.25, -0.2) is 0 Å². The van der Waals surface area contributed by atoms with Crippen molar-refractivity contribution < 1.29 is 14.3 Å². The van der Waals surface area contributed by atoms with E-state index < -0.39 is 0 Å². The fourth-order valence-electron chi connectivity index (χ4n) is 3.02. The van der Waals surface area contributed by atoms with Gasteiger partial charge in [-0.1, -0.05) is 29.8 Å². The zero-order chi connectivity index (χ0) is 18.4. The van der Waals surface area contributed by atoms with E-state index in [0.29, 0.717) is 25.4 Å². The molecule has 1 fully saturated rings. The average molecular weight is 353 g/mol. The number of nitrogens with one attached hydrogen (secondary N) is 1. The predicted octanol–water partition coefficient (Wildman–Crippen LogP) is 4.43. The van der Waals surface area contributed by atoms with E-state index in [1.807, 2.05) is 55.5 Å². The number of aryl methyl sites for hydroxylation is 1. The molecule has 1 atom stereocenters. The molecule has 4 nitrogen and oxygen atoms in total. The summed E-state index contributed by atoms with van der Waals surface area (Å²) < 4.78 is 10.9. The standard InChI is InChI=1S/C22H27NO3/c1-16-5-11-20(12-6-16)26-15-3-4-21(24)23-22(17-7-8-17)18-9-13-19(25-2)14-10-18/h5-6,9-14,17,22H,3-4,7-8,15H2,1-2H3,(H,23,24)/t22-/m1/s1. The number of ether oxygens (including phenoxy) is 2. The molecule has 0 aliphatic heterocycles. The van der Waals surface area contributed by atoms with Crippen molar-refractivity contribution in [1.82, 2.24) is 5.32 Å². The Bertz CT molecular complexity index is 705. The fourth-order valence-corrected chi connectivity index (χ4v) is 3.02. The van der Waals surface area contributed by atoms with Gasteiger partial charge in [-0.3, -0.25) is 4.79 Å². The molecule has 1 saturated carbocycles. The minimum atomic E-state index is 0.0882. The molecule has 2 aromatic carbocycles. The van der Waals surface area contributed by atoms with Gasteiger partial charge in [-0.15, -0.1) is 0 Å². The molecule has 0 bridgehead atoms. The van der Waals surface area contributed by atoms with E-state index in [1.54, 1.807) is 7.11 Å². The molecule has 0 heterocycles. The minimum Gasteiger partial charge on any atom is -0.497 e. The number of amides is 1. The number of methoxy groups -OCH3 is 1. The molecule has 2 aromatic rings. The number of carbonyl (C=O) groups is 1. The Morgan fingerprint density at radius 1 is 1.08 bits per heavy atom. The van der Waals surface area contributed by atoms with E-state index >= 15 is 0 Å². The summed E-state index contributed by atoms with van der Waals surface area (Å²) in [6.45, 7) is 2.60. The Morgan fingerprint density at radius 3 is 2.35 bits per heavy atom. The van der Waals surface area contributed by atoms with Crippen LogP contribution in [0.25, 0.3) is 0 Å². The molecule has 1 amide bonds.